The van der Waals surface area contributed by atoms with Gasteiger partial charge in [-0.25, -0.2) is 0 Å². The molecule has 1 atom stereocenters. The number of carboxylic acids is 1. The monoisotopic (exact) mass is 178 g/mol. The van der Waals surface area contributed by atoms with Crippen molar-refractivity contribution in [1.82, 2.24) is 5.73 Å². The van der Waals surface area contributed by atoms with Gasteiger partial charge in [0.15, 0.2) is 0 Å². The van der Waals surface area contributed by atoms with Crippen LogP contribution in [0.4, 0.5) is 0 Å². The molecular weight excluding hydrogens is 166 g/mol. The summed E-state index contributed by atoms with van der Waals surface area (Å²) in [6, 6.07) is 8.96. The summed E-state index contributed by atoms with van der Waals surface area (Å²) in [4.78, 5) is 10.3. The maximum absolute atomic E-state index is 10.3. The van der Waals surface area contributed by atoms with Crippen LogP contribution >= 0.6 is 0 Å². The highest BCUT2D eigenvalue weighted by atomic mass is 16.4. The van der Waals surface area contributed by atoms with E-state index in [0.717, 1.165) is 5.56 Å². The molecule has 0 aromatic heterocycles. The molecule has 0 saturated heterocycles. The van der Waals surface area contributed by atoms with E-state index in [1.807, 2.05) is 30.3 Å². The van der Waals surface area contributed by atoms with Crippen LogP contribution in [-0.2, 0) is 11.2 Å². The molecule has 0 spiro atoms. The van der Waals surface area contributed by atoms with E-state index < -0.39 is 12.0 Å². The highest BCUT2D eigenvalue weighted by molar-refractivity contribution is 5.67. The van der Waals surface area contributed by atoms with Gasteiger partial charge in [-0.2, -0.15) is 0 Å². The summed E-state index contributed by atoms with van der Waals surface area (Å²) in [6.07, 6.45) is 0.419. The SMILES string of the molecule is [NH][C@H](CC(=O)O)Cc1ccccc1. The van der Waals surface area contributed by atoms with Gasteiger partial charge < -0.3 is 5.11 Å². The number of hydrogen-bond donors (Lipinski definition) is 1. The molecule has 1 radical (unpaired) electrons. The third-order valence-corrected chi connectivity index (χ3v) is 1.75. The molecule has 1 aromatic carbocycles. The molecule has 0 aliphatic rings. The highest BCUT2D eigenvalue weighted by Gasteiger charge is 2.08. The van der Waals surface area contributed by atoms with Crippen LogP contribution in [0.2, 0.25) is 0 Å². The van der Waals surface area contributed by atoms with Crippen LogP contribution in [0, 0.1) is 0 Å². The van der Waals surface area contributed by atoms with Gasteiger partial charge >= 0.3 is 5.97 Å². The summed E-state index contributed by atoms with van der Waals surface area (Å²) in [7, 11) is 0. The lowest BCUT2D eigenvalue weighted by Crippen LogP contribution is -2.17. The quantitative estimate of drug-likeness (QED) is 0.756. The van der Waals surface area contributed by atoms with Gasteiger partial charge in [0.1, 0.15) is 0 Å². The molecule has 0 heterocycles. The van der Waals surface area contributed by atoms with Crippen LogP contribution in [0.15, 0.2) is 30.3 Å². The molecule has 0 saturated carbocycles. The first-order valence-electron chi connectivity index (χ1n) is 4.15. The number of hydrogen-bond acceptors (Lipinski definition) is 1. The van der Waals surface area contributed by atoms with Crippen molar-refractivity contribution in [2.75, 3.05) is 0 Å². The third-order valence-electron chi connectivity index (χ3n) is 1.75. The third kappa shape index (κ3) is 3.71. The molecule has 0 bridgehead atoms. The molecule has 1 aromatic rings. The number of aliphatic carboxylic acids is 1. The molecule has 3 heteroatoms. The summed E-state index contributed by atoms with van der Waals surface area (Å²) in [5.74, 6) is -0.907. The molecule has 1 rings (SSSR count). The lowest BCUT2D eigenvalue weighted by molar-refractivity contribution is -0.137. The summed E-state index contributed by atoms with van der Waals surface area (Å²) in [5.41, 5.74) is 8.48. The van der Waals surface area contributed by atoms with Gasteiger partial charge in [-0.3, -0.25) is 10.5 Å². The summed E-state index contributed by atoms with van der Waals surface area (Å²) in [5, 5.41) is 8.44. The molecule has 69 valence electrons. The van der Waals surface area contributed by atoms with Crippen molar-refractivity contribution in [2.24, 2.45) is 0 Å². The van der Waals surface area contributed by atoms with E-state index in [4.69, 9.17) is 10.8 Å². The molecule has 0 aliphatic heterocycles. The van der Waals surface area contributed by atoms with E-state index in [1.54, 1.807) is 0 Å². The summed E-state index contributed by atoms with van der Waals surface area (Å²) >= 11 is 0. The minimum Gasteiger partial charge on any atom is -0.481 e. The Hall–Kier alpha value is -1.35. The second-order valence-electron chi connectivity index (χ2n) is 2.98. The Kier molecular flexibility index (Phi) is 3.46. The largest absolute Gasteiger partial charge is 0.481 e. The molecule has 0 amide bonds. The minimum atomic E-state index is -0.907. The van der Waals surface area contributed by atoms with Crippen molar-refractivity contribution in [1.29, 1.82) is 0 Å². The van der Waals surface area contributed by atoms with Gasteiger partial charge in [-0.05, 0) is 12.0 Å². The standard InChI is InChI=1S/C10H12NO2/c11-9(7-10(12)13)6-8-4-2-1-3-5-8/h1-5,9,11H,6-7H2,(H,12,13)/t9-/m0/s1. The van der Waals surface area contributed by atoms with Crippen LogP contribution in [0.3, 0.4) is 0 Å². The molecule has 13 heavy (non-hydrogen) atoms. The second kappa shape index (κ2) is 4.62. The maximum atomic E-state index is 10.3. The minimum absolute atomic E-state index is 0.0884. The average molecular weight is 178 g/mol. The number of nitrogens with one attached hydrogen (secondary N) is 1. The Morgan fingerprint density at radius 2 is 2.00 bits per heavy atom. The van der Waals surface area contributed by atoms with Crippen molar-refractivity contribution >= 4 is 5.97 Å². The smallest absolute Gasteiger partial charge is 0.304 e. The Labute approximate surface area is 77.2 Å². The first kappa shape index (κ1) is 9.74. The van der Waals surface area contributed by atoms with Gasteiger partial charge in [0.25, 0.3) is 0 Å². The fraction of sp³-hybridized carbons (Fsp3) is 0.300. The van der Waals surface area contributed by atoms with E-state index in [-0.39, 0.29) is 6.42 Å². The summed E-state index contributed by atoms with van der Waals surface area (Å²) < 4.78 is 0. The first-order valence-corrected chi connectivity index (χ1v) is 4.15. The van der Waals surface area contributed by atoms with Crippen LogP contribution < -0.4 is 5.73 Å². The molecule has 2 N–H and O–H groups in total. The van der Waals surface area contributed by atoms with Crippen molar-refractivity contribution in [3.63, 3.8) is 0 Å². The lowest BCUT2D eigenvalue weighted by Gasteiger charge is -2.06. The van der Waals surface area contributed by atoms with Gasteiger partial charge in [-0.1, -0.05) is 30.3 Å². The van der Waals surface area contributed by atoms with Crippen molar-refractivity contribution in [2.45, 2.75) is 18.9 Å². The van der Waals surface area contributed by atoms with Gasteiger partial charge in [0.05, 0.1) is 6.42 Å². The fourth-order valence-electron chi connectivity index (χ4n) is 1.18. The average Bonchev–Trinajstić information content (AvgIpc) is 2.04. The lowest BCUT2D eigenvalue weighted by atomic mass is 10.0. The second-order valence-corrected chi connectivity index (χ2v) is 2.98. The van der Waals surface area contributed by atoms with Crippen molar-refractivity contribution in [3.8, 4) is 0 Å². The maximum Gasteiger partial charge on any atom is 0.304 e. The van der Waals surface area contributed by atoms with Gasteiger partial charge in [0.2, 0.25) is 0 Å². The molecular formula is C10H12NO2. The zero-order chi connectivity index (χ0) is 9.68. The van der Waals surface area contributed by atoms with Crippen LogP contribution in [-0.4, -0.2) is 17.1 Å². The Balaban J connectivity index is 2.45. The van der Waals surface area contributed by atoms with Crippen molar-refractivity contribution in [3.05, 3.63) is 35.9 Å². The predicted octanol–water partition coefficient (Wildman–Crippen LogP) is 1.36. The highest BCUT2D eigenvalue weighted by Crippen LogP contribution is 2.04. The Morgan fingerprint density at radius 1 is 1.38 bits per heavy atom. The normalized spacial score (nSPS) is 12.4. The zero-order valence-corrected chi connectivity index (χ0v) is 7.23. The Morgan fingerprint density at radius 3 is 2.54 bits per heavy atom. The molecule has 0 aliphatic carbocycles. The first-order chi connectivity index (χ1) is 6.18. The molecule has 3 nitrogen and oxygen atoms in total. The van der Waals surface area contributed by atoms with Crippen molar-refractivity contribution < 1.29 is 9.90 Å². The fourth-order valence-corrected chi connectivity index (χ4v) is 1.18. The van der Waals surface area contributed by atoms with E-state index in [0.29, 0.717) is 6.42 Å². The summed E-state index contributed by atoms with van der Waals surface area (Å²) in [6.45, 7) is 0. The van der Waals surface area contributed by atoms with E-state index in [1.165, 1.54) is 0 Å². The number of benzene rings is 1. The topological polar surface area (TPSA) is 61.1 Å². The van der Waals surface area contributed by atoms with Gasteiger partial charge in [0, 0.05) is 6.04 Å². The van der Waals surface area contributed by atoms with Crippen LogP contribution in [0.1, 0.15) is 12.0 Å². The van der Waals surface area contributed by atoms with Crippen LogP contribution in [0.25, 0.3) is 0 Å². The molecule has 0 unspecified atom stereocenters. The number of rotatable bonds is 4. The molecule has 0 fully saturated rings. The number of carbonyl (C=O) groups is 1. The van der Waals surface area contributed by atoms with E-state index >= 15 is 0 Å². The zero-order valence-electron chi connectivity index (χ0n) is 7.23. The predicted molar refractivity (Wildman–Crippen MR) is 49.3 cm³/mol. The Bertz CT molecular complexity index is 272. The van der Waals surface area contributed by atoms with E-state index in [9.17, 15) is 4.79 Å². The van der Waals surface area contributed by atoms with E-state index in [2.05, 4.69) is 0 Å². The van der Waals surface area contributed by atoms with Crippen LogP contribution in [0.5, 0.6) is 0 Å². The van der Waals surface area contributed by atoms with Gasteiger partial charge in [-0.15, -0.1) is 0 Å². The number of carboxylic acid groups (broad SMARTS) is 1.